The van der Waals surface area contributed by atoms with Crippen LogP contribution in [0.3, 0.4) is 0 Å². The zero-order valence-electron chi connectivity index (χ0n) is 18.1. The van der Waals surface area contributed by atoms with E-state index in [-0.39, 0.29) is 23.9 Å². The van der Waals surface area contributed by atoms with Crippen molar-refractivity contribution in [2.24, 2.45) is 0 Å². The number of hydrogen-bond acceptors (Lipinski definition) is 7. The third kappa shape index (κ3) is 4.36. The van der Waals surface area contributed by atoms with Crippen molar-refractivity contribution in [1.82, 2.24) is 24.3 Å². The molecule has 3 heterocycles. The van der Waals surface area contributed by atoms with Gasteiger partial charge in [-0.05, 0) is 42.5 Å². The summed E-state index contributed by atoms with van der Waals surface area (Å²) >= 11 is 6.00. The average molecular weight is 495 g/mol. The highest BCUT2D eigenvalue weighted by Crippen LogP contribution is 2.28. The minimum absolute atomic E-state index is 0.0835. The molecule has 0 unspecified atom stereocenters. The summed E-state index contributed by atoms with van der Waals surface area (Å²) in [7, 11) is 1.46. The number of anilines is 1. The van der Waals surface area contributed by atoms with Crippen molar-refractivity contribution in [2.75, 3.05) is 12.4 Å². The third-order valence-corrected chi connectivity index (χ3v) is 5.31. The van der Waals surface area contributed by atoms with E-state index in [2.05, 4.69) is 20.6 Å². The molecule has 3 aromatic heterocycles. The molecule has 1 N–H and O–H groups in total. The van der Waals surface area contributed by atoms with Crippen molar-refractivity contribution < 1.29 is 18.4 Å². The van der Waals surface area contributed by atoms with Gasteiger partial charge in [0.25, 0.3) is 5.89 Å². The molecule has 0 bridgehead atoms. The number of amides is 1. The Morgan fingerprint density at radius 3 is 2.86 bits per heavy atom. The third-order valence-electron chi connectivity index (χ3n) is 5.08. The lowest BCUT2D eigenvalue weighted by Gasteiger charge is -2.10. The Morgan fingerprint density at radius 2 is 2.06 bits per heavy atom. The molecular formula is C23H16ClFN6O4. The molecule has 0 aliphatic carbocycles. The van der Waals surface area contributed by atoms with Crippen LogP contribution in [-0.4, -0.2) is 37.3 Å². The molecule has 0 saturated carbocycles. The van der Waals surface area contributed by atoms with E-state index in [0.29, 0.717) is 27.6 Å². The Morgan fingerprint density at radius 1 is 1.20 bits per heavy atom. The number of nitrogens with zero attached hydrogens (tertiary/aromatic N) is 5. The van der Waals surface area contributed by atoms with Gasteiger partial charge in [-0.2, -0.15) is 4.98 Å². The highest BCUT2D eigenvalue weighted by Gasteiger charge is 2.19. The summed E-state index contributed by atoms with van der Waals surface area (Å²) < 4.78 is 26.4. The molecule has 5 aromatic rings. The lowest BCUT2D eigenvalue weighted by molar-refractivity contribution is -0.117. The van der Waals surface area contributed by atoms with E-state index >= 15 is 0 Å². The molecule has 0 spiro atoms. The molecule has 176 valence electrons. The quantitative estimate of drug-likeness (QED) is 0.383. The van der Waals surface area contributed by atoms with Gasteiger partial charge in [0.05, 0.1) is 18.4 Å². The summed E-state index contributed by atoms with van der Waals surface area (Å²) in [6.07, 6.45) is 1.51. The smallest absolute Gasteiger partial charge is 0.350 e. The number of rotatable bonds is 6. The van der Waals surface area contributed by atoms with E-state index in [1.807, 2.05) is 0 Å². The zero-order valence-corrected chi connectivity index (χ0v) is 18.9. The highest BCUT2D eigenvalue weighted by atomic mass is 35.5. The lowest BCUT2D eigenvalue weighted by Crippen LogP contribution is -2.28. The highest BCUT2D eigenvalue weighted by molar-refractivity contribution is 6.31. The van der Waals surface area contributed by atoms with Gasteiger partial charge >= 0.3 is 5.69 Å². The number of fused-ring (bicyclic) bond motifs is 1. The first-order valence-electron chi connectivity index (χ1n) is 10.2. The molecule has 0 radical (unpaired) electrons. The largest absolute Gasteiger partial charge is 0.495 e. The topological polar surface area (TPSA) is 117 Å². The molecule has 10 nitrogen and oxygen atoms in total. The first-order chi connectivity index (χ1) is 16.9. The van der Waals surface area contributed by atoms with E-state index in [4.69, 9.17) is 20.9 Å². The molecule has 0 atom stereocenters. The Hall–Kier alpha value is -4.51. The maximum absolute atomic E-state index is 13.6. The zero-order chi connectivity index (χ0) is 24.5. The molecule has 1 amide bonds. The number of halogens is 2. The van der Waals surface area contributed by atoms with Gasteiger partial charge in [0.2, 0.25) is 11.7 Å². The number of pyridine rings is 1. The summed E-state index contributed by atoms with van der Waals surface area (Å²) in [5.41, 5.74) is 0.830. The van der Waals surface area contributed by atoms with E-state index in [9.17, 15) is 14.0 Å². The summed E-state index contributed by atoms with van der Waals surface area (Å²) in [5.74, 6) is -0.269. The molecule has 5 rings (SSSR count). The normalized spacial score (nSPS) is 11.1. The van der Waals surface area contributed by atoms with E-state index in [0.717, 1.165) is 4.68 Å². The monoisotopic (exact) mass is 494 g/mol. The van der Waals surface area contributed by atoms with Crippen LogP contribution in [0.2, 0.25) is 5.02 Å². The van der Waals surface area contributed by atoms with Crippen molar-refractivity contribution in [1.29, 1.82) is 0 Å². The first-order valence-corrected chi connectivity index (χ1v) is 10.6. The Balaban J connectivity index is 1.45. The maximum atomic E-state index is 13.6. The van der Waals surface area contributed by atoms with E-state index in [1.54, 1.807) is 30.3 Å². The van der Waals surface area contributed by atoms with Crippen molar-refractivity contribution in [2.45, 2.75) is 6.54 Å². The van der Waals surface area contributed by atoms with Crippen LogP contribution in [0.1, 0.15) is 0 Å². The van der Waals surface area contributed by atoms with Gasteiger partial charge in [-0.1, -0.05) is 28.9 Å². The fourth-order valence-electron chi connectivity index (χ4n) is 3.49. The number of nitrogens with one attached hydrogen (secondary N) is 1. The Kier molecular flexibility index (Phi) is 5.75. The second-order valence-electron chi connectivity index (χ2n) is 7.38. The molecular weight excluding hydrogens is 479 g/mol. The van der Waals surface area contributed by atoms with Crippen LogP contribution in [0.5, 0.6) is 5.75 Å². The van der Waals surface area contributed by atoms with Crippen molar-refractivity contribution in [3.63, 3.8) is 0 Å². The molecule has 2 aromatic carbocycles. The fraction of sp³-hybridized carbons (Fsp3) is 0.0870. The summed E-state index contributed by atoms with van der Waals surface area (Å²) in [6.45, 7) is -0.367. The Bertz CT molecular complexity index is 1630. The predicted octanol–water partition coefficient (Wildman–Crippen LogP) is 3.65. The summed E-state index contributed by atoms with van der Waals surface area (Å²) in [5, 5.41) is 11.3. The molecule has 0 fully saturated rings. The summed E-state index contributed by atoms with van der Waals surface area (Å²) in [4.78, 5) is 29.8. The van der Waals surface area contributed by atoms with Crippen LogP contribution in [-0.2, 0) is 11.3 Å². The number of carbonyl (C=O) groups is 1. The van der Waals surface area contributed by atoms with Crippen LogP contribution < -0.4 is 15.7 Å². The second kappa shape index (κ2) is 9.03. The predicted molar refractivity (Wildman–Crippen MR) is 125 cm³/mol. The van der Waals surface area contributed by atoms with Crippen molar-refractivity contribution >= 4 is 28.8 Å². The molecule has 0 saturated heterocycles. The van der Waals surface area contributed by atoms with Crippen LogP contribution in [0, 0.1) is 5.82 Å². The molecule has 12 heteroatoms. The van der Waals surface area contributed by atoms with Gasteiger partial charge in [0, 0.05) is 16.8 Å². The number of methoxy groups -OCH3 is 1. The number of aromatic nitrogens is 5. The van der Waals surface area contributed by atoms with Gasteiger partial charge < -0.3 is 14.6 Å². The van der Waals surface area contributed by atoms with E-state index < -0.39 is 17.4 Å². The fourth-order valence-corrected chi connectivity index (χ4v) is 3.66. The standard InChI is InChI=1S/C23H16ClFN6O4/c1-34-18-8-7-14(24)11-17(18)26-19(32)12-31-23(33)30-9-3-6-16(21(30)28-31)22-27-20(29-35-22)13-4-2-5-15(25)10-13/h2-11H,12H2,1H3,(H,26,32). The lowest BCUT2D eigenvalue weighted by atomic mass is 10.2. The maximum Gasteiger partial charge on any atom is 0.350 e. The number of ether oxygens (including phenoxy) is 1. The van der Waals surface area contributed by atoms with Gasteiger partial charge in [-0.3, -0.25) is 4.79 Å². The minimum Gasteiger partial charge on any atom is -0.495 e. The summed E-state index contributed by atoms with van der Waals surface area (Å²) in [6, 6.07) is 13.8. The number of carbonyl (C=O) groups excluding carboxylic acids is 1. The van der Waals surface area contributed by atoms with Gasteiger partial charge in [-0.15, -0.1) is 5.10 Å². The van der Waals surface area contributed by atoms with Crippen LogP contribution in [0.4, 0.5) is 10.1 Å². The molecule has 0 aliphatic heterocycles. The number of hydrogen-bond donors (Lipinski definition) is 1. The molecule has 35 heavy (non-hydrogen) atoms. The van der Waals surface area contributed by atoms with E-state index in [1.165, 1.54) is 42.0 Å². The number of benzene rings is 2. The van der Waals surface area contributed by atoms with Gasteiger partial charge in [0.15, 0.2) is 5.65 Å². The van der Waals surface area contributed by atoms with Crippen LogP contribution >= 0.6 is 11.6 Å². The van der Waals surface area contributed by atoms with Gasteiger partial charge in [-0.25, -0.2) is 18.3 Å². The van der Waals surface area contributed by atoms with Crippen molar-refractivity contribution in [3.05, 3.63) is 82.1 Å². The molecule has 0 aliphatic rings. The minimum atomic E-state index is -0.542. The van der Waals surface area contributed by atoms with Crippen LogP contribution in [0.15, 0.2) is 70.1 Å². The second-order valence-corrected chi connectivity index (χ2v) is 7.82. The Labute approximate surface area is 201 Å². The average Bonchev–Trinajstić information content (AvgIpc) is 3.45. The first kappa shape index (κ1) is 22.3. The van der Waals surface area contributed by atoms with Gasteiger partial charge in [0.1, 0.15) is 18.1 Å². The SMILES string of the molecule is COc1ccc(Cl)cc1NC(=O)Cn1nc2c(-c3nc(-c4cccc(F)c4)no3)cccn2c1=O. The van der Waals surface area contributed by atoms with Crippen LogP contribution in [0.25, 0.3) is 28.5 Å². The van der Waals surface area contributed by atoms with Crippen molar-refractivity contribution in [3.8, 4) is 28.6 Å².